The van der Waals surface area contributed by atoms with Gasteiger partial charge in [0.2, 0.25) is 0 Å². The van der Waals surface area contributed by atoms with Gasteiger partial charge in [0.15, 0.2) is 24.7 Å². The second-order valence-corrected chi connectivity index (χ2v) is 8.91. The lowest BCUT2D eigenvalue weighted by molar-refractivity contribution is -0.689. The van der Waals surface area contributed by atoms with Crippen molar-refractivity contribution in [3.8, 4) is 0 Å². The van der Waals surface area contributed by atoms with Crippen LogP contribution >= 0.6 is 27.5 Å². The topological polar surface area (TPSA) is 20.9 Å². The molecule has 1 aliphatic rings. The molecule has 0 radical (unpaired) electrons. The predicted octanol–water partition coefficient (Wildman–Crippen LogP) is 5.65. The zero-order valence-corrected chi connectivity index (χ0v) is 18.3. The van der Waals surface area contributed by atoms with E-state index in [0.29, 0.717) is 6.54 Å². The Morgan fingerprint density at radius 2 is 1.86 bits per heavy atom. The first-order chi connectivity index (χ1) is 13.4. The number of rotatable bonds is 4. The van der Waals surface area contributed by atoms with Gasteiger partial charge in [-0.15, -0.1) is 0 Å². The fourth-order valence-electron chi connectivity index (χ4n) is 3.91. The molecule has 1 aliphatic carbocycles. The van der Waals surface area contributed by atoms with Crippen LogP contribution in [-0.4, -0.2) is 5.78 Å². The van der Waals surface area contributed by atoms with Gasteiger partial charge in [0.05, 0.1) is 9.50 Å². The van der Waals surface area contributed by atoms with E-state index in [2.05, 4.69) is 64.9 Å². The highest BCUT2D eigenvalue weighted by Gasteiger charge is 2.31. The normalized spacial score (nSPS) is 15.7. The molecule has 142 valence electrons. The average molecular weight is 456 g/mol. The van der Waals surface area contributed by atoms with Crippen LogP contribution in [0.2, 0.25) is 5.02 Å². The maximum Gasteiger partial charge on any atom is 0.183 e. The average Bonchev–Trinajstić information content (AvgIpc) is 2.95. The first-order valence-corrected chi connectivity index (χ1v) is 10.6. The highest BCUT2D eigenvalue weighted by molar-refractivity contribution is 9.10. The molecule has 0 fully saturated rings. The number of benzene rings is 2. The summed E-state index contributed by atoms with van der Waals surface area (Å²) in [4.78, 5) is 12.9. The van der Waals surface area contributed by atoms with Gasteiger partial charge in [-0.2, -0.15) is 4.57 Å². The molecule has 0 bridgehead atoms. The van der Waals surface area contributed by atoms with Gasteiger partial charge in [-0.05, 0) is 77.0 Å². The van der Waals surface area contributed by atoms with Gasteiger partial charge in [0.1, 0.15) is 0 Å². The third kappa shape index (κ3) is 3.78. The second-order valence-electron chi connectivity index (χ2n) is 7.64. The highest BCUT2D eigenvalue weighted by Crippen LogP contribution is 2.32. The minimum Gasteiger partial charge on any atom is -0.294 e. The minimum absolute atomic E-state index is 0.0203. The number of halogens is 2. The summed E-state index contributed by atoms with van der Waals surface area (Å²) in [6, 6.07) is 14.2. The Balaban J connectivity index is 1.52. The minimum atomic E-state index is 0.0203. The number of nitrogens with zero attached hydrogens (tertiary/aromatic N) is 1. The molecule has 1 unspecified atom stereocenters. The number of pyridine rings is 1. The van der Waals surface area contributed by atoms with Crippen molar-refractivity contribution < 1.29 is 9.36 Å². The monoisotopic (exact) mass is 454 g/mol. The molecule has 4 rings (SSSR count). The molecule has 0 N–H and O–H groups in total. The summed E-state index contributed by atoms with van der Waals surface area (Å²) in [5.74, 6) is 0.296. The van der Waals surface area contributed by atoms with Gasteiger partial charge in [-0.25, -0.2) is 0 Å². The Morgan fingerprint density at radius 1 is 1.11 bits per heavy atom. The molecule has 1 heterocycles. The first kappa shape index (κ1) is 19.4. The van der Waals surface area contributed by atoms with Gasteiger partial charge in [0, 0.05) is 23.1 Å². The van der Waals surface area contributed by atoms with Gasteiger partial charge < -0.3 is 0 Å². The van der Waals surface area contributed by atoms with Crippen LogP contribution in [0.3, 0.4) is 0 Å². The van der Waals surface area contributed by atoms with E-state index < -0.39 is 0 Å². The highest BCUT2D eigenvalue weighted by atomic mass is 79.9. The van der Waals surface area contributed by atoms with Crippen LogP contribution in [0.4, 0.5) is 0 Å². The molecular weight excluding hydrogens is 434 g/mol. The Bertz CT molecular complexity index is 1080. The maximum absolute atomic E-state index is 12.9. The molecule has 1 atom stereocenters. The summed E-state index contributed by atoms with van der Waals surface area (Å²) in [5, 5.41) is 0.773. The molecule has 0 amide bonds. The van der Waals surface area contributed by atoms with Crippen LogP contribution in [0.5, 0.6) is 0 Å². The molecular formula is C24H22BrClNO+. The summed E-state index contributed by atoms with van der Waals surface area (Å²) >= 11 is 9.98. The Kier molecular flexibility index (Phi) is 5.39. The van der Waals surface area contributed by atoms with E-state index in [4.69, 9.17) is 11.6 Å². The summed E-state index contributed by atoms with van der Waals surface area (Å²) in [5.41, 5.74) is 6.80. The van der Waals surface area contributed by atoms with E-state index in [1.165, 1.54) is 16.7 Å². The van der Waals surface area contributed by atoms with Gasteiger partial charge in [-0.1, -0.05) is 35.9 Å². The molecule has 28 heavy (non-hydrogen) atoms. The van der Waals surface area contributed by atoms with Crippen molar-refractivity contribution in [3.05, 3.63) is 97.7 Å². The number of fused-ring (bicyclic) bond motifs is 1. The number of ketones is 1. The largest absolute Gasteiger partial charge is 0.294 e. The van der Waals surface area contributed by atoms with E-state index in [0.717, 1.165) is 39.0 Å². The van der Waals surface area contributed by atoms with Crippen molar-refractivity contribution in [2.24, 2.45) is 5.92 Å². The molecule has 4 heteroatoms. The predicted molar refractivity (Wildman–Crippen MR) is 116 cm³/mol. The number of aromatic nitrogens is 1. The van der Waals surface area contributed by atoms with Crippen LogP contribution in [0.1, 0.15) is 38.2 Å². The van der Waals surface area contributed by atoms with E-state index in [1.807, 2.05) is 24.3 Å². The summed E-state index contributed by atoms with van der Waals surface area (Å²) in [6.07, 6.45) is 5.71. The Morgan fingerprint density at radius 3 is 2.61 bits per heavy atom. The van der Waals surface area contributed by atoms with Crippen molar-refractivity contribution in [1.29, 1.82) is 0 Å². The van der Waals surface area contributed by atoms with Crippen molar-refractivity contribution in [2.45, 2.75) is 33.2 Å². The van der Waals surface area contributed by atoms with Gasteiger partial charge in [-0.3, -0.25) is 4.79 Å². The standard InChI is InChI=1S/C24H22BrClNO/c1-15-9-19-12-20(24(28)21(19)10-16(15)2)11-17-7-8-27(14-22(17)25)13-18-5-3-4-6-23(18)26/h3-10,14,20H,11-13H2,1-2H3/q+1. The van der Waals surface area contributed by atoms with Crippen molar-refractivity contribution in [3.63, 3.8) is 0 Å². The lowest BCUT2D eigenvalue weighted by atomic mass is 9.96. The Labute approximate surface area is 179 Å². The van der Waals surface area contributed by atoms with Gasteiger partial charge in [0.25, 0.3) is 0 Å². The quantitative estimate of drug-likeness (QED) is 0.465. The van der Waals surface area contributed by atoms with Crippen LogP contribution in [0, 0.1) is 19.8 Å². The molecule has 0 saturated carbocycles. The third-order valence-corrected chi connectivity index (χ3v) is 6.74. The number of carbonyl (C=O) groups excluding carboxylic acids is 1. The van der Waals surface area contributed by atoms with Crippen molar-refractivity contribution in [1.82, 2.24) is 0 Å². The van der Waals surface area contributed by atoms with Crippen LogP contribution < -0.4 is 4.57 Å². The fraction of sp³-hybridized carbons (Fsp3) is 0.250. The zero-order valence-electron chi connectivity index (χ0n) is 16.0. The molecule has 1 aromatic heterocycles. The number of Topliss-reactive ketones (excluding diaryl/α,β-unsaturated/α-hetero) is 1. The first-order valence-electron chi connectivity index (χ1n) is 9.47. The third-order valence-electron chi connectivity index (χ3n) is 5.65. The lowest BCUT2D eigenvalue weighted by Crippen LogP contribution is -2.34. The van der Waals surface area contributed by atoms with E-state index in [1.54, 1.807) is 0 Å². The maximum atomic E-state index is 12.9. The van der Waals surface area contributed by atoms with E-state index in [-0.39, 0.29) is 11.7 Å². The van der Waals surface area contributed by atoms with E-state index >= 15 is 0 Å². The molecule has 0 spiro atoms. The van der Waals surface area contributed by atoms with Crippen LogP contribution in [0.15, 0.2) is 59.3 Å². The summed E-state index contributed by atoms with van der Waals surface area (Å²) in [7, 11) is 0. The molecule has 0 aliphatic heterocycles. The molecule has 2 aromatic carbocycles. The SMILES string of the molecule is Cc1cc2c(cc1C)C(=O)C(Cc1cc[n+](Cc3ccccc3Cl)cc1Br)C2. The van der Waals surface area contributed by atoms with Crippen LogP contribution in [-0.2, 0) is 19.4 Å². The smallest absolute Gasteiger partial charge is 0.183 e. The lowest BCUT2D eigenvalue weighted by Gasteiger charge is -2.09. The molecule has 2 nitrogen and oxygen atoms in total. The van der Waals surface area contributed by atoms with E-state index in [9.17, 15) is 4.79 Å². The second kappa shape index (κ2) is 7.81. The molecule has 3 aromatic rings. The van der Waals surface area contributed by atoms with Crippen molar-refractivity contribution >= 4 is 33.3 Å². The number of aryl methyl sites for hydroxylation is 2. The zero-order chi connectivity index (χ0) is 19.8. The van der Waals surface area contributed by atoms with Crippen molar-refractivity contribution in [2.75, 3.05) is 0 Å². The number of hydrogen-bond donors (Lipinski definition) is 0. The number of carbonyl (C=O) groups is 1. The molecule has 0 saturated heterocycles. The fourth-order valence-corrected chi connectivity index (χ4v) is 4.66. The summed E-state index contributed by atoms with van der Waals surface area (Å²) < 4.78 is 3.13. The Hall–Kier alpha value is -1.97. The number of hydrogen-bond acceptors (Lipinski definition) is 1. The van der Waals surface area contributed by atoms with Gasteiger partial charge >= 0.3 is 0 Å². The summed E-state index contributed by atoms with van der Waals surface area (Å²) in [6.45, 7) is 4.89. The van der Waals surface area contributed by atoms with Crippen LogP contribution in [0.25, 0.3) is 0 Å².